The molecular weight excluding hydrogens is 224 g/mol. The van der Waals surface area contributed by atoms with Crippen LogP contribution >= 0.6 is 0 Å². The van der Waals surface area contributed by atoms with Crippen LogP contribution < -0.4 is 5.73 Å². The SMILES string of the molecule is Cc1ccc2[nH]c(-c3ccco3)c(CCN)c2c1. The summed E-state index contributed by atoms with van der Waals surface area (Å²) in [6, 6.07) is 10.3. The molecule has 0 aliphatic carbocycles. The van der Waals surface area contributed by atoms with Gasteiger partial charge in [-0.1, -0.05) is 11.6 Å². The molecule has 2 aromatic heterocycles. The number of aromatic amines is 1. The van der Waals surface area contributed by atoms with Crippen LogP contribution in [0.2, 0.25) is 0 Å². The number of aromatic nitrogens is 1. The Kier molecular flexibility index (Phi) is 2.68. The number of fused-ring (bicyclic) bond motifs is 1. The van der Waals surface area contributed by atoms with Gasteiger partial charge in [0.25, 0.3) is 0 Å². The molecule has 0 saturated carbocycles. The highest BCUT2D eigenvalue weighted by atomic mass is 16.3. The third-order valence-electron chi connectivity index (χ3n) is 3.22. The Balaban J connectivity index is 2.27. The summed E-state index contributed by atoms with van der Waals surface area (Å²) in [5.41, 5.74) is 10.4. The van der Waals surface area contributed by atoms with Crippen molar-refractivity contribution in [1.82, 2.24) is 4.98 Å². The van der Waals surface area contributed by atoms with Crippen LogP contribution in [0, 0.1) is 6.92 Å². The van der Waals surface area contributed by atoms with E-state index in [1.165, 1.54) is 16.5 Å². The third-order valence-corrected chi connectivity index (χ3v) is 3.22. The number of H-pyrrole nitrogens is 1. The molecule has 0 spiro atoms. The van der Waals surface area contributed by atoms with Gasteiger partial charge in [0, 0.05) is 10.9 Å². The Morgan fingerprint density at radius 3 is 2.89 bits per heavy atom. The van der Waals surface area contributed by atoms with Crippen molar-refractivity contribution in [3.05, 3.63) is 47.7 Å². The highest BCUT2D eigenvalue weighted by molar-refractivity contribution is 5.90. The average molecular weight is 240 g/mol. The summed E-state index contributed by atoms with van der Waals surface area (Å²) in [5, 5.41) is 1.24. The monoisotopic (exact) mass is 240 g/mol. The van der Waals surface area contributed by atoms with Crippen LogP contribution in [0.15, 0.2) is 41.0 Å². The van der Waals surface area contributed by atoms with Gasteiger partial charge in [0.1, 0.15) is 5.76 Å². The summed E-state index contributed by atoms with van der Waals surface area (Å²) in [4.78, 5) is 3.43. The van der Waals surface area contributed by atoms with Crippen LogP contribution in [-0.2, 0) is 6.42 Å². The predicted molar refractivity (Wildman–Crippen MR) is 73.5 cm³/mol. The Morgan fingerprint density at radius 2 is 2.17 bits per heavy atom. The van der Waals surface area contributed by atoms with Gasteiger partial charge in [-0.25, -0.2) is 0 Å². The first kappa shape index (κ1) is 11.1. The molecule has 0 unspecified atom stereocenters. The number of furan rings is 1. The summed E-state index contributed by atoms with van der Waals surface area (Å²) < 4.78 is 5.49. The quantitative estimate of drug-likeness (QED) is 0.738. The van der Waals surface area contributed by atoms with E-state index >= 15 is 0 Å². The van der Waals surface area contributed by atoms with Gasteiger partial charge in [-0.15, -0.1) is 0 Å². The van der Waals surface area contributed by atoms with Gasteiger partial charge in [-0.3, -0.25) is 0 Å². The lowest BCUT2D eigenvalue weighted by atomic mass is 10.0. The molecule has 1 aromatic carbocycles. The molecule has 0 bridgehead atoms. The molecule has 3 nitrogen and oxygen atoms in total. The Labute approximate surface area is 106 Å². The van der Waals surface area contributed by atoms with Crippen LogP contribution in [-0.4, -0.2) is 11.5 Å². The Hall–Kier alpha value is -2.00. The van der Waals surface area contributed by atoms with Crippen molar-refractivity contribution in [2.75, 3.05) is 6.54 Å². The highest BCUT2D eigenvalue weighted by Crippen LogP contribution is 2.31. The van der Waals surface area contributed by atoms with Gasteiger partial charge in [-0.2, -0.15) is 0 Å². The van der Waals surface area contributed by atoms with Crippen molar-refractivity contribution in [3.63, 3.8) is 0 Å². The minimum atomic E-state index is 0.634. The average Bonchev–Trinajstić information content (AvgIpc) is 2.98. The molecule has 0 radical (unpaired) electrons. The Morgan fingerprint density at radius 1 is 1.28 bits per heavy atom. The zero-order valence-corrected chi connectivity index (χ0v) is 10.4. The molecule has 0 fully saturated rings. The fraction of sp³-hybridized carbons (Fsp3) is 0.200. The van der Waals surface area contributed by atoms with Gasteiger partial charge in [0.15, 0.2) is 0 Å². The van der Waals surface area contributed by atoms with Crippen LogP contribution in [0.4, 0.5) is 0 Å². The lowest BCUT2D eigenvalue weighted by Gasteiger charge is -2.01. The number of benzene rings is 1. The van der Waals surface area contributed by atoms with E-state index in [1.54, 1.807) is 6.26 Å². The molecule has 2 heterocycles. The molecule has 18 heavy (non-hydrogen) atoms. The first-order chi connectivity index (χ1) is 8.79. The van der Waals surface area contributed by atoms with E-state index in [0.717, 1.165) is 23.4 Å². The zero-order valence-electron chi connectivity index (χ0n) is 10.4. The molecule has 3 N–H and O–H groups in total. The molecule has 0 saturated heterocycles. The number of aryl methyl sites for hydroxylation is 1. The molecular formula is C15H16N2O. The largest absolute Gasteiger partial charge is 0.463 e. The van der Waals surface area contributed by atoms with Crippen LogP contribution in [0.1, 0.15) is 11.1 Å². The van der Waals surface area contributed by atoms with E-state index in [9.17, 15) is 0 Å². The van der Waals surface area contributed by atoms with E-state index in [1.807, 2.05) is 12.1 Å². The van der Waals surface area contributed by atoms with Crippen LogP contribution in [0.5, 0.6) is 0 Å². The van der Waals surface area contributed by atoms with Gasteiger partial charge < -0.3 is 15.1 Å². The van der Waals surface area contributed by atoms with Crippen molar-refractivity contribution in [2.24, 2.45) is 5.73 Å². The van der Waals surface area contributed by atoms with Crippen LogP contribution in [0.3, 0.4) is 0 Å². The lowest BCUT2D eigenvalue weighted by Crippen LogP contribution is -2.03. The summed E-state index contributed by atoms with van der Waals surface area (Å²) in [6.45, 7) is 2.74. The van der Waals surface area contributed by atoms with Crippen molar-refractivity contribution in [2.45, 2.75) is 13.3 Å². The molecule has 3 aromatic rings. The predicted octanol–water partition coefficient (Wildman–Crippen LogP) is 3.24. The second-order valence-electron chi connectivity index (χ2n) is 4.54. The smallest absolute Gasteiger partial charge is 0.150 e. The van der Waals surface area contributed by atoms with Gasteiger partial charge in [-0.05, 0) is 49.7 Å². The molecule has 0 aliphatic rings. The normalized spacial score (nSPS) is 11.2. The second kappa shape index (κ2) is 4.35. The fourth-order valence-electron chi connectivity index (χ4n) is 2.40. The first-order valence-corrected chi connectivity index (χ1v) is 6.15. The maximum absolute atomic E-state index is 5.73. The molecule has 92 valence electrons. The van der Waals surface area contributed by atoms with Crippen LogP contribution in [0.25, 0.3) is 22.4 Å². The summed E-state index contributed by atoms with van der Waals surface area (Å²) in [5.74, 6) is 0.868. The Bertz CT molecular complexity index is 665. The molecule has 0 atom stereocenters. The van der Waals surface area contributed by atoms with Crippen molar-refractivity contribution in [3.8, 4) is 11.5 Å². The molecule has 0 amide bonds. The lowest BCUT2D eigenvalue weighted by molar-refractivity contribution is 0.580. The third kappa shape index (κ3) is 1.73. The number of hydrogen-bond donors (Lipinski definition) is 2. The zero-order chi connectivity index (χ0) is 12.5. The van der Waals surface area contributed by atoms with Gasteiger partial charge in [0.05, 0.1) is 12.0 Å². The molecule has 3 rings (SSSR count). The summed E-state index contributed by atoms with van der Waals surface area (Å²) in [6.07, 6.45) is 2.54. The van der Waals surface area contributed by atoms with Crippen molar-refractivity contribution in [1.29, 1.82) is 0 Å². The van der Waals surface area contributed by atoms with Crippen molar-refractivity contribution >= 4 is 10.9 Å². The van der Waals surface area contributed by atoms with E-state index in [0.29, 0.717) is 6.54 Å². The van der Waals surface area contributed by atoms with E-state index in [2.05, 4.69) is 30.1 Å². The number of hydrogen-bond acceptors (Lipinski definition) is 2. The van der Waals surface area contributed by atoms with Gasteiger partial charge >= 0.3 is 0 Å². The second-order valence-corrected chi connectivity index (χ2v) is 4.54. The number of nitrogens with two attached hydrogens (primary N) is 1. The van der Waals surface area contributed by atoms with E-state index < -0.39 is 0 Å². The summed E-state index contributed by atoms with van der Waals surface area (Å²) >= 11 is 0. The van der Waals surface area contributed by atoms with Crippen molar-refractivity contribution < 1.29 is 4.42 Å². The molecule has 0 aliphatic heterocycles. The van der Waals surface area contributed by atoms with E-state index in [-0.39, 0.29) is 0 Å². The maximum atomic E-state index is 5.73. The fourth-order valence-corrected chi connectivity index (χ4v) is 2.40. The number of rotatable bonds is 3. The van der Waals surface area contributed by atoms with E-state index in [4.69, 9.17) is 10.2 Å². The minimum absolute atomic E-state index is 0.634. The van der Waals surface area contributed by atoms with Gasteiger partial charge in [0.2, 0.25) is 0 Å². The standard InChI is InChI=1S/C15H16N2O/c1-10-4-5-13-12(9-10)11(6-7-16)15(17-13)14-3-2-8-18-14/h2-5,8-9,17H,6-7,16H2,1H3. The minimum Gasteiger partial charge on any atom is -0.463 e. The first-order valence-electron chi connectivity index (χ1n) is 6.15. The number of nitrogens with one attached hydrogen (secondary N) is 1. The maximum Gasteiger partial charge on any atom is 0.150 e. The summed E-state index contributed by atoms with van der Waals surface area (Å²) in [7, 11) is 0. The highest BCUT2D eigenvalue weighted by Gasteiger charge is 2.14. The topological polar surface area (TPSA) is 55.0 Å². The molecule has 3 heteroatoms.